The number of hydrogen-bond donors (Lipinski definition) is 2. The molecule has 2 aromatic rings. The van der Waals surface area contributed by atoms with Gasteiger partial charge < -0.3 is 15.0 Å². The average Bonchev–Trinajstić information content (AvgIpc) is 3.06. The fourth-order valence-corrected chi connectivity index (χ4v) is 2.16. The third kappa shape index (κ3) is 3.13. The Labute approximate surface area is 122 Å². The van der Waals surface area contributed by atoms with Crippen molar-refractivity contribution in [1.29, 1.82) is 0 Å². The molecule has 7 heteroatoms. The Morgan fingerprint density at radius 2 is 2.05 bits per heavy atom. The largest absolute Gasteiger partial charge is 0.480 e. The second-order valence-electron chi connectivity index (χ2n) is 4.75. The Bertz CT molecular complexity index is 631. The van der Waals surface area contributed by atoms with Crippen LogP contribution >= 0.6 is 0 Å². The molecule has 0 aliphatic carbocycles. The summed E-state index contributed by atoms with van der Waals surface area (Å²) in [5, 5.41) is 15.7. The lowest BCUT2D eigenvalue weighted by Crippen LogP contribution is -2.40. The van der Waals surface area contributed by atoms with E-state index in [1.807, 2.05) is 19.1 Å². The summed E-state index contributed by atoms with van der Waals surface area (Å²) in [5.41, 5.74) is 0.344. The molecule has 2 aromatic heterocycles. The summed E-state index contributed by atoms with van der Waals surface area (Å²) in [6.07, 6.45) is 6.10. The number of carboxylic acid groups (broad SMARTS) is 1. The zero-order valence-corrected chi connectivity index (χ0v) is 12.0. The van der Waals surface area contributed by atoms with E-state index in [9.17, 15) is 9.59 Å². The van der Waals surface area contributed by atoms with Crippen LogP contribution in [0.2, 0.25) is 0 Å². The van der Waals surface area contributed by atoms with Gasteiger partial charge in [0.1, 0.15) is 17.4 Å². The lowest BCUT2D eigenvalue weighted by Gasteiger charge is -2.14. The van der Waals surface area contributed by atoms with Crippen molar-refractivity contribution in [2.75, 3.05) is 0 Å². The van der Waals surface area contributed by atoms with Crippen molar-refractivity contribution < 1.29 is 14.7 Å². The lowest BCUT2D eigenvalue weighted by molar-refractivity contribution is -0.139. The molecule has 0 spiro atoms. The van der Waals surface area contributed by atoms with E-state index in [-0.39, 0.29) is 0 Å². The number of hydrogen-bond acceptors (Lipinski definition) is 3. The molecular weight excluding hydrogens is 272 g/mol. The molecule has 0 fully saturated rings. The van der Waals surface area contributed by atoms with Crippen molar-refractivity contribution in [3.05, 3.63) is 36.3 Å². The molecule has 2 N–H and O–H groups in total. The van der Waals surface area contributed by atoms with E-state index in [4.69, 9.17) is 5.11 Å². The number of amides is 1. The molecule has 0 unspecified atom stereocenters. The van der Waals surface area contributed by atoms with Crippen molar-refractivity contribution in [1.82, 2.24) is 19.7 Å². The Hall–Kier alpha value is -2.57. The number of carbonyl (C=O) groups excluding carboxylic acids is 1. The van der Waals surface area contributed by atoms with Crippen LogP contribution in [0.3, 0.4) is 0 Å². The Balaban J connectivity index is 2.26. The fourth-order valence-electron chi connectivity index (χ4n) is 2.16. The number of nitrogens with zero attached hydrogens (tertiary/aromatic N) is 3. The van der Waals surface area contributed by atoms with Gasteiger partial charge >= 0.3 is 5.97 Å². The molecule has 2 heterocycles. The summed E-state index contributed by atoms with van der Waals surface area (Å²) in [7, 11) is 1.73. The number of nitrogens with one attached hydrogen (secondary N) is 1. The van der Waals surface area contributed by atoms with Crippen molar-refractivity contribution in [2.45, 2.75) is 25.8 Å². The summed E-state index contributed by atoms with van der Waals surface area (Å²) in [5.74, 6) is -0.873. The molecule has 112 valence electrons. The first-order valence-electron chi connectivity index (χ1n) is 6.73. The normalized spacial score (nSPS) is 12.1. The van der Waals surface area contributed by atoms with Gasteiger partial charge in [0.05, 0.1) is 6.20 Å². The monoisotopic (exact) mass is 290 g/mol. The van der Waals surface area contributed by atoms with Crippen LogP contribution in [0.25, 0.3) is 5.82 Å². The predicted octanol–water partition coefficient (Wildman–Crippen LogP) is 1.19. The summed E-state index contributed by atoms with van der Waals surface area (Å²) >= 11 is 0. The van der Waals surface area contributed by atoms with Crippen molar-refractivity contribution in [3.8, 4) is 5.82 Å². The Kier molecular flexibility index (Phi) is 4.42. The highest BCUT2D eigenvalue weighted by Gasteiger charge is 2.23. The minimum absolute atomic E-state index is 0.344. The van der Waals surface area contributed by atoms with Gasteiger partial charge in [0.25, 0.3) is 5.91 Å². The summed E-state index contributed by atoms with van der Waals surface area (Å²) < 4.78 is 3.34. The maximum absolute atomic E-state index is 12.3. The van der Waals surface area contributed by atoms with Gasteiger partial charge in [0.15, 0.2) is 0 Å². The standard InChI is InChI=1S/C14H18N4O3/c1-3-6-11(14(20)21)16-12(19)10-9-15-17(2)13(10)18-7-4-5-8-18/h4-5,7-9,11H,3,6H2,1-2H3,(H,16,19)(H,20,21)/t11-/m1/s1. The Morgan fingerprint density at radius 1 is 1.38 bits per heavy atom. The molecule has 0 radical (unpaired) electrons. The highest BCUT2D eigenvalue weighted by molar-refractivity contribution is 5.99. The van der Waals surface area contributed by atoms with E-state index in [0.717, 1.165) is 0 Å². The second kappa shape index (κ2) is 6.25. The van der Waals surface area contributed by atoms with Crippen LogP contribution in [0.5, 0.6) is 0 Å². The molecule has 1 amide bonds. The zero-order chi connectivity index (χ0) is 15.4. The van der Waals surface area contributed by atoms with E-state index in [1.165, 1.54) is 6.20 Å². The first-order valence-corrected chi connectivity index (χ1v) is 6.73. The van der Waals surface area contributed by atoms with Crippen molar-refractivity contribution in [3.63, 3.8) is 0 Å². The van der Waals surface area contributed by atoms with Crippen LogP contribution in [0.15, 0.2) is 30.7 Å². The van der Waals surface area contributed by atoms with Crippen LogP contribution in [0.1, 0.15) is 30.1 Å². The van der Waals surface area contributed by atoms with E-state index < -0.39 is 17.9 Å². The summed E-state index contributed by atoms with van der Waals surface area (Å²) in [6, 6.07) is 2.79. The molecule has 21 heavy (non-hydrogen) atoms. The molecule has 0 saturated heterocycles. The number of carbonyl (C=O) groups is 2. The molecular formula is C14H18N4O3. The number of aliphatic carboxylic acids is 1. The first-order chi connectivity index (χ1) is 10.0. The topological polar surface area (TPSA) is 89.2 Å². The molecule has 0 aliphatic heterocycles. The maximum Gasteiger partial charge on any atom is 0.326 e. The van der Waals surface area contributed by atoms with Crippen molar-refractivity contribution in [2.24, 2.45) is 7.05 Å². The minimum atomic E-state index is -1.03. The maximum atomic E-state index is 12.3. The van der Waals surface area contributed by atoms with Crippen LogP contribution in [-0.2, 0) is 11.8 Å². The van der Waals surface area contributed by atoms with E-state index in [1.54, 1.807) is 28.7 Å². The fraction of sp³-hybridized carbons (Fsp3) is 0.357. The van der Waals surface area contributed by atoms with Gasteiger partial charge in [-0.25, -0.2) is 4.79 Å². The van der Waals surface area contributed by atoms with Gasteiger partial charge in [-0.05, 0) is 18.6 Å². The predicted molar refractivity (Wildman–Crippen MR) is 76.3 cm³/mol. The van der Waals surface area contributed by atoms with Gasteiger partial charge in [-0.15, -0.1) is 0 Å². The number of aromatic nitrogens is 3. The first kappa shape index (κ1) is 14.8. The second-order valence-corrected chi connectivity index (χ2v) is 4.75. The summed E-state index contributed by atoms with van der Waals surface area (Å²) in [4.78, 5) is 23.5. The smallest absolute Gasteiger partial charge is 0.326 e. The van der Waals surface area contributed by atoms with Crippen LogP contribution in [-0.4, -0.2) is 37.4 Å². The van der Waals surface area contributed by atoms with E-state index in [0.29, 0.717) is 24.2 Å². The average molecular weight is 290 g/mol. The molecule has 7 nitrogen and oxygen atoms in total. The minimum Gasteiger partial charge on any atom is -0.480 e. The molecule has 0 saturated carbocycles. The highest BCUT2D eigenvalue weighted by atomic mass is 16.4. The van der Waals surface area contributed by atoms with Gasteiger partial charge in [0.2, 0.25) is 0 Å². The van der Waals surface area contributed by atoms with Crippen molar-refractivity contribution >= 4 is 11.9 Å². The van der Waals surface area contributed by atoms with Crippen LogP contribution < -0.4 is 5.32 Å². The van der Waals surface area contributed by atoms with Gasteiger partial charge in [-0.3, -0.25) is 9.48 Å². The SMILES string of the molecule is CCC[C@@H](NC(=O)c1cnn(C)c1-n1cccc1)C(=O)O. The zero-order valence-electron chi connectivity index (χ0n) is 12.0. The van der Waals surface area contributed by atoms with E-state index >= 15 is 0 Å². The molecule has 0 bridgehead atoms. The molecule has 2 rings (SSSR count). The molecule has 0 aliphatic rings. The third-order valence-corrected chi connectivity index (χ3v) is 3.18. The number of rotatable bonds is 6. The molecule has 0 aromatic carbocycles. The Morgan fingerprint density at radius 3 is 2.62 bits per heavy atom. The van der Waals surface area contributed by atoms with Gasteiger partial charge in [0, 0.05) is 19.4 Å². The number of aryl methyl sites for hydroxylation is 1. The van der Waals surface area contributed by atoms with Crippen LogP contribution in [0, 0.1) is 0 Å². The van der Waals surface area contributed by atoms with Gasteiger partial charge in [-0.1, -0.05) is 13.3 Å². The summed E-state index contributed by atoms with van der Waals surface area (Å²) in [6.45, 7) is 1.87. The quantitative estimate of drug-likeness (QED) is 0.836. The highest BCUT2D eigenvalue weighted by Crippen LogP contribution is 2.14. The lowest BCUT2D eigenvalue weighted by atomic mass is 10.1. The van der Waals surface area contributed by atoms with Gasteiger partial charge in [-0.2, -0.15) is 5.10 Å². The van der Waals surface area contributed by atoms with E-state index in [2.05, 4.69) is 10.4 Å². The number of carboxylic acids is 1. The van der Waals surface area contributed by atoms with Crippen LogP contribution in [0.4, 0.5) is 0 Å². The molecule has 1 atom stereocenters. The third-order valence-electron chi connectivity index (χ3n) is 3.18.